The van der Waals surface area contributed by atoms with Crippen LogP contribution in [0, 0.1) is 12.7 Å². The molecule has 0 aliphatic heterocycles. The molecule has 0 aliphatic rings. The van der Waals surface area contributed by atoms with Crippen LogP contribution in [0.1, 0.15) is 5.82 Å². The number of nitrogens with one attached hydrogen (secondary N) is 1. The molecule has 0 fully saturated rings. The molecule has 5 nitrogen and oxygen atoms in total. The summed E-state index contributed by atoms with van der Waals surface area (Å²) in [5.41, 5.74) is 0.944. The Labute approximate surface area is 121 Å². The molecule has 0 saturated heterocycles. The highest BCUT2D eigenvalue weighted by Gasteiger charge is 2.09. The zero-order chi connectivity index (χ0) is 14.7. The number of aryl methyl sites for hydroxylation is 1. The van der Waals surface area contributed by atoms with Gasteiger partial charge in [-0.15, -0.1) is 0 Å². The Hall–Kier alpha value is -2.89. The average Bonchev–Trinajstić information content (AvgIpc) is 2.48. The summed E-state index contributed by atoms with van der Waals surface area (Å²) in [4.78, 5) is 16.7. The summed E-state index contributed by atoms with van der Waals surface area (Å²) in [5, 5.41) is 2.98. The quantitative estimate of drug-likeness (QED) is 0.799. The van der Waals surface area contributed by atoms with Crippen molar-refractivity contribution in [2.24, 2.45) is 0 Å². The molecule has 1 N–H and O–H groups in total. The van der Waals surface area contributed by atoms with E-state index in [1.54, 1.807) is 49.6 Å². The average molecular weight is 281 g/mol. The van der Waals surface area contributed by atoms with Crippen LogP contribution in [0.15, 0.2) is 48.8 Å². The second-order valence-electron chi connectivity index (χ2n) is 4.36. The number of aromatic nitrogens is 4. The molecule has 0 unspecified atom stereocenters. The number of hydrogen-bond donors (Lipinski definition) is 1. The molecule has 2 heterocycles. The highest BCUT2D eigenvalue weighted by molar-refractivity contribution is 5.64. The normalized spacial score (nSPS) is 10.4. The predicted molar refractivity (Wildman–Crippen MR) is 77.5 cm³/mol. The minimum atomic E-state index is -0.322. The van der Waals surface area contributed by atoms with Gasteiger partial charge in [-0.25, -0.2) is 24.3 Å². The lowest BCUT2D eigenvalue weighted by Gasteiger charge is -2.08. The Balaban J connectivity index is 1.99. The summed E-state index contributed by atoms with van der Waals surface area (Å²) in [6.07, 6.45) is 3.25. The lowest BCUT2D eigenvalue weighted by atomic mass is 10.1. The van der Waals surface area contributed by atoms with Crippen LogP contribution in [0.25, 0.3) is 11.3 Å². The second kappa shape index (κ2) is 5.62. The Bertz CT molecular complexity index is 761. The van der Waals surface area contributed by atoms with Crippen LogP contribution in [0.5, 0.6) is 0 Å². The molecule has 0 radical (unpaired) electrons. The molecule has 21 heavy (non-hydrogen) atoms. The summed E-state index contributed by atoms with van der Waals surface area (Å²) >= 11 is 0. The lowest BCUT2D eigenvalue weighted by Crippen LogP contribution is -2.01. The Morgan fingerprint density at radius 1 is 1.00 bits per heavy atom. The van der Waals surface area contributed by atoms with Crippen molar-refractivity contribution < 1.29 is 4.39 Å². The van der Waals surface area contributed by atoms with E-state index < -0.39 is 0 Å². The predicted octanol–water partition coefficient (Wildman–Crippen LogP) is 3.12. The van der Waals surface area contributed by atoms with Crippen molar-refractivity contribution in [3.63, 3.8) is 0 Å². The molecule has 0 spiro atoms. The van der Waals surface area contributed by atoms with Crippen LogP contribution in [-0.2, 0) is 0 Å². The van der Waals surface area contributed by atoms with Crippen molar-refractivity contribution in [1.82, 2.24) is 19.9 Å². The molecule has 0 atom stereocenters. The van der Waals surface area contributed by atoms with Crippen molar-refractivity contribution in [2.75, 3.05) is 5.32 Å². The van der Waals surface area contributed by atoms with E-state index in [1.807, 2.05) is 0 Å². The number of nitrogens with zero attached hydrogens (tertiary/aromatic N) is 4. The van der Waals surface area contributed by atoms with Crippen LogP contribution in [0.2, 0.25) is 0 Å². The smallest absolute Gasteiger partial charge is 0.228 e. The zero-order valence-corrected chi connectivity index (χ0v) is 11.3. The van der Waals surface area contributed by atoms with E-state index in [0.29, 0.717) is 28.8 Å². The SMILES string of the molecule is Cc1nc(Nc2ncccn2)cc(-c2ccccc2F)n1. The molecule has 1 aromatic carbocycles. The number of halogens is 1. The number of benzene rings is 1. The van der Waals surface area contributed by atoms with Gasteiger partial charge in [-0.05, 0) is 25.1 Å². The molecule has 2 aromatic heterocycles. The fourth-order valence-corrected chi connectivity index (χ4v) is 1.92. The van der Waals surface area contributed by atoms with Crippen LogP contribution < -0.4 is 5.32 Å². The van der Waals surface area contributed by atoms with Crippen LogP contribution >= 0.6 is 0 Å². The maximum Gasteiger partial charge on any atom is 0.228 e. The molecule has 3 aromatic rings. The highest BCUT2D eigenvalue weighted by Crippen LogP contribution is 2.23. The second-order valence-corrected chi connectivity index (χ2v) is 4.36. The fourth-order valence-electron chi connectivity index (χ4n) is 1.92. The summed E-state index contributed by atoms with van der Waals surface area (Å²) in [6, 6.07) is 9.89. The van der Waals surface area contributed by atoms with Gasteiger partial charge in [0.2, 0.25) is 5.95 Å². The minimum Gasteiger partial charge on any atom is -0.309 e. The number of hydrogen-bond acceptors (Lipinski definition) is 5. The van der Waals surface area contributed by atoms with E-state index in [1.165, 1.54) is 6.07 Å². The van der Waals surface area contributed by atoms with E-state index in [9.17, 15) is 4.39 Å². The molecular formula is C15H12FN5. The Kier molecular flexibility index (Phi) is 3.51. The molecule has 0 saturated carbocycles. The Morgan fingerprint density at radius 2 is 1.76 bits per heavy atom. The van der Waals surface area contributed by atoms with Gasteiger partial charge in [0.1, 0.15) is 17.5 Å². The molecule has 0 aliphatic carbocycles. The van der Waals surface area contributed by atoms with Crippen molar-refractivity contribution in [3.8, 4) is 11.3 Å². The third-order valence-corrected chi connectivity index (χ3v) is 2.79. The van der Waals surface area contributed by atoms with Crippen molar-refractivity contribution in [1.29, 1.82) is 0 Å². The third kappa shape index (κ3) is 3.00. The molecule has 6 heteroatoms. The van der Waals surface area contributed by atoms with Gasteiger partial charge in [0.15, 0.2) is 0 Å². The lowest BCUT2D eigenvalue weighted by molar-refractivity contribution is 0.630. The summed E-state index contributed by atoms with van der Waals surface area (Å²) < 4.78 is 13.9. The topological polar surface area (TPSA) is 63.6 Å². The Morgan fingerprint density at radius 3 is 2.52 bits per heavy atom. The van der Waals surface area contributed by atoms with Crippen LogP contribution in [0.4, 0.5) is 16.2 Å². The summed E-state index contributed by atoms with van der Waals surface area (Å²) in [6.45, 7) is 1.75. The fraction of sp³-hybridized carbons (Fsp3) is 0.0667. The molecular weight excluding hydrogens is 269 g/mol. The van der Waals surface area contributed by atoms with Crippen molar-refractivity contribution in [3.05, 3.63) is 60.4 Å². The van der Waals surface area contributed by atoms with Crippen molar-refractivity contribution >= 4 is 11.8 Å². The van der Waals surface area contributed by atoms with Gasteiger partial charge in [-0.1, -0.05) is 12.1 Å². The summed E-state index contributed by atoms with van der Waals surface area (Å²) in [5.74, 6) is 1.16. The number of anilines is 2. The van der Waals surface area contributed by atoms with Crippen molar-refractivity contribution in [2.45, 2.75) is 6.92 Å². The van der Waals surface area contributed by atoms with Gasteiger partial charge < -0.3 is 5.32 Å². The summed E-state index contributed by atoms with van der Waals surface area (Å²) in [7, 11) is 0. The van der Waals surface area contributed by atoms with Gasteiger partial charge in [0.25, 0.3) is 0 Å². The number of rotatable bonds is 3. The molecule has 0 amide bonds. The monoisotopic (exact) mass is 281 g/mol. The first-order valence-electron chi connectivity index (χ1n) is 6.37. The van der Waals surface area contributed by atoms with E-state index in [0.717, 1.165) is 0 Å². The van der Waals surface area contributed by atoms with E-state index in [4.69, 9.17) is 0 Å². The first-order valence-corrected chi connectivity index (χ1v) is 6.37. The van der Waals surface area contributed by atoms with Gasteiger partial charge in [0, 0.05) is 24.0 Å². The van der Waals surface area contributed by atoms with E-state index in [-0.39, 0.29) is 5.82 Å². The van der Waals surface area contributed by atoms with E-state index in [2.05, 4.69) is 25.3 Å². The molecule has 104 valence electrons. The van der Waals surface area contributed by atoms with Crippen LogP contribution in [-0.4, -0.2) is 19.9 Å². The molecule has 3 rings (SSSR count). The van der Waals surface area contributed by atoms with E-state index >= 15 is 0 Å². The van der Waals surface area contributed by atoms with Gasteiger partial charge in [-0.2, -0.15) is 0 Å². The first-order chi connectivity index (χ1) is 10.2. The standard InChI is InChI=1S/C15H12FN5/c1-10-19-13(11-5-2-3-6-12(11)16)9-14(20-10)21-15-17-7-4-8-18-15/h2-9H,1H3,(H,17,18,19,20,21). The minimum absolute atomic E-state index is 0.322. The largest absolute Gasteiger partial charge is 0.309 e. The van der Waals surface area contributed by atoms with Gasteiger partial charge in [-0.3, -0.25) is 0 Å². The van der Waals surface area contributed by atoms with Gasteiger partial charge >= 0.3 is 0 Å². The molecule has 0 bridgehead atoms. The maximum atomic E-state index is 13.9. The van der Waals surface area contributed by atoms with Crippen LogP contribution in [0.3, 0.4) is 0 Å². The zero-order valence-electron chi connectivity index (χ0n) is 11.3. The first kappa shape index (κ1) is 13.1. The highest BCUT2D eigenvalue weighted by atomic mass is 19.1. The maximum absolute atomic E-state index is 13.9. The third-order valence-electron chi connectivity index (χ3n) is 2.79. The van der Waals surface area contributed by atoms with Gasteiger partial charge in [0.05, 0.1) is 5.69 Å².